The molecular formula is C19H27N3O. The Labute approximate surface area is 138 Å². The highest BCUT2D eigenvalue weighted by atomic mass is 16.1. The van der Waals surface area contributed by atoms with E-state index in [0.29, 0.717) is 18.0 Å². The summed E-state index contributed by atoms with van der Waals surface area (Å²) in [6, 6.07) is 8.22. The second-order valence-corrected chi connectivity index (χ2v) is 6.85. The third-order valence-electron chi connectivity index (χ3n) is 3.82. The lowest BCUT2D eigenvalue weighted by Gasteiger charge is -2.14. The van der Waals surface area contributed by atoms with Crippen molar-refractivity contribution in [1.82, 2.24) is 15.1 Å². The number of carbonyl (C=O) groups is 1. The van der Waals surface area contributed by atoms with Crippen molar-refractivity contribution < 1.29 is 4.79 Å². The number of amides is 1. The molecule has 0 spiro atoms. The predicted octanol–water partition coefficient (Wildman–Crippen LogP) is 4.00. The largest absolute Gasteiger partial charge is 0.352 e. The summed E-state index contributed by atoms with van der Waals surface area (Å²) in [5, 5.41) is 7.65. The molecule has 0 saturated heterocycles. The molecule has 1 amide bonds. The van der Waals surface area contributed by atoms with Crippen molar-refractivity contribution >= 4 is 5.91 Å². The third kappa shape index (κ3) is 3.81. The number of carbonyl (C=O) groups excluding carboxylic acids is 1. The summed E-state index contributed by atoms with van der Waals surface area (Å²) >= 11 is 0. The molecule has 0 aliphatic heterocycles. The van der Waals surface area contributed by atoms with Crippen molar-refractivity contribution in [3.05, 3.63) is 46.8 Å². The Hall–Kier alpha value is -2.10. The summed E-state index contributed by atoms with van der Waals surface area (Å²) < 4.78 is 1.91. The molecule has 0 aliphatic rings. The van der Waals surface area contributed by atoms with E-state index in [0.717, 1.165) is 17.1 Å². The first-order valence-electron chi connectivity index (χ1n) is 8.26. The average Bonchev–Trinajstić information content (AvgIpc) is 2.83. The van der Waals surface area contributed by atoms with Crippen LogP contribution in [0.2, 0.25) is 0 Å². The molecule has 124 valence electrons. The van der Waals surface area contributed by atoms with E-state index in [9.17, 15) is 4.79 Å². The Morgan fingerprint density at radius 3 is 2.26 bits per heavy atom. The van der Waals surface area contributed by atoms with Crippen molar-refractivity contribution in [2.45, 2.75) is 47.5 Å². The molecule has 0 saturated carbocycles. The lowest BCUT2D eigenvalue weighted by Crippen LogP contribution is -2.28. The maximum Gasteiger partial charge on any atom is 0.255 e. The molecule has 23 heavy (non-hydrogen) atoms. The van der Waals surface area contributed by atoms with Gasteiger partial charge in [-0.15, -0.1) is 0 Å². The number of benzene rings is 1. The standard InChI is InChI=1S/C19H27N3O/c1-12(2)11-20-19(23)17-15(6)21-22(18(17)13(3)4)16-9-7-14(5)8-10-16/h7-10,12-13H,11H2,1-6H3,(H,20,23). The molecule has 0 radical (unpaired) electrons. The minimum atomic E-state index is -0.0294. The maximum absolute atomic E-state index is 12.6. The zero-order valence-corrected chi connectivity index (χ0v) is 15.0. The van der Waals surface area contributed by atoms with E-state index in [-0.39, 0.29) is 11.8 Å². The summed E-state index contributed by atoms with van der Waals surface area (Å²) in [4.78, 5) is 12.6. The monoisotopic (exact) mass is 313 g/mol. The number of aryl methyl sites for hydroxylation is 2. The molecule has 2 aromatic rings. The van der Waals surface area contributed by atoms with Gasteiger partial charge in [-0.1, -0.05) is 45.4 Å². The van der Waals surface area contributed by atoms with E-state index >= 15 is 0 Å². The quantitative estimate of drug-likeness (QED) is 0.907. The molecule has 1 heterocycles. The van der Waals surface area contributed by atoms with Gasteiger partial charge in [0.05, 0.1) is 22.6 Å². The van der Waals surface area contributed by atoms with Gasteiger partial charge in [-0.25, -0.2) is 4.68 Å². The fourth-order valence-electron chi connectivity index (χ4n) is 2.63. The van der Waals surface area contributed by atoms with Crippen LogP contribution in [0.4, 0.5) is 0 Å². The topological polar surface area (TPSA) is 46.9 Å². The lowest BCUT2D eigenvalue weighted by molar-refractivity contribution is 0.0947. The number of hydrogen-bond donors (Lipinski definition) is 1. The molecule has 0 atom stereocenters. The van der Waals surface area contributed by atoms with Gasteiger partial charge in [-0.05, 0) is 37.8 Å². The molecule has 0 bridgehead atoms. The second kappa shape index (κ2) is 6.99. The Morgan fingerprint density at radius 1 is 1.13 bits per heavy atom. The van der Waals surface area contributed by atoms with E-state index in [1.54, 1.807) is 0 Å². The highest BCUT2D eigenvalue weighted by Gasteiger charge is 2.24. The fourth-order valence-corrected chi connectivity index (χ4v) is 2.63. The van der Waals surface area contributed by atoms with E-state index in [1.807, 2.05) is 23.7 Å². The molecule has 4 heteroatoms. The lowest BCUT2D eigenvalue weighted by atomic mass is 10.0. The number of nitrogens with one attached hydrogen (secondary N) is 1. The zero-order chi connectivity index (χ0) is 17.1. The molecule has 0 aliphatic carbocycles. The smallest absolute Gasteiger partial charge is 0.255 e. The van der Waals surface area contributed by atoms with Gasteiger partial charge in [0.2, 0.25) is 0 Å². The van der Waals surface area contributed by atoms with Crippen LogP contribution < -0.4 is 5.32 Å². The molecular weight excluding hydrogens is 286 g/mol. The van der Waals surface area contributed by atoms with Gasteiger partial charge >= 0.3 is 0 Å². The van der Waals surface area contributed by atoms with Crippen LogP contribution in [-0.2, 0) is 0 Å². The van der Waals surface area contributed by atoms with E-state index in [1.165, 1.54) is 5.56 Å². The van der Waals surface area contributed by atoms with Crippen molar-refractivity contribution in [3.63, 3.8) is 0 Å². The van der Waals surface area contributed by atoms with Gasteiger partial charge in [-0.3, -0.25) is 4.79 Å². The first kappa shape index (κ1) is 17.3. The van der Waals surface area contributed by atoms with Crippen molar-refractivity contribution in [2.24, 2.45) is 5.92 Å². The Bertz CT molecular complexity index is 681. The highest BCUT2D eigenvalue weighted by molar-refractivity contribution is 5.96. The van der Waals surface area contributed by atoms with Gasteiger partial charge in [0.15, 0.2) is 0 Å². The third-order valence-corrected chi connectivity index (χ3v) is 3.82. The SMILES string of the molecule is Cc1ccc(-n2nc(C)c(C(=O)NCC(C)C)c2C(C)C)cc1. The van der Waals surface area contributed by atoms with Crippen LogP contribution in [0.25, 0.3) is 5.69 Å². The Kier molecular flexibility index (Phi) is 5.24. The summed E-state index contributed by atoms with van der Waals surface area (Å²) in [6.45, 7) is 13.0. The minimum absolute atomic E-state index is 0.0294. The Morgan fingerprint density at radius 2 is 1.74 bits per heavy atom. The van der Waals surface area contributed by atoms with Crippen LogP contribution in [-0.4, -0.2) is 22.2 Å². The number of hydrogen-bond acceptors (Lipinski definition) is 2. The molecule has 2 rings (SSSR count). The van der Waals surface area contributed by atoms with Gasteiger partial charge in [0.25, 0.3) is 5.91 Å². The van der Waals surface area contributed by atoms with Crippen LogP contribution in [0.15, 0.2) is 24.3 Å². The molecule has 1 aromatic heterocycles. The van der Waals surface area contributed by atoms with Crippen LogP contribution >= 0.6 is 0 Å². The van der Waals surface area contributed by atoms with Crippen LogP contribution in [0.5, 0.6) is 0 Å². The van der Waals surface area contributed by atoms with Crippen LogP contribution in [0, 0.1) is 19.8 Å². The van der Waals surface area contributed by atoms with Gasteiger partial charge in [0.1, 0.15) is 0 Å². The number of nitrogens with zero attached hydrogens (tertiary/aromatic N) is 2. The maximum atomic E-state index is 12.6. The van der Waals surface area contributed by atoms with Crippen LogP contribution in [0.3, 0.4) is 0 Å². The van der Waals surface area contributed by atoms with Gasteiger partial charge in [0, 0.05) is 6.54 Å². The second-order valence-electron chi connectivity index (χ2n) is 6.85. The van der Waals surface area contributed by atoms with Crippen LogP contribution in [0.1, 0.15) is 60.9 Å². The fraction of sp³-hybridized carbons (Fsp3) is 0.474. The molecule has 1 aromatic carbocycles. The average molecular weight is 313 g/mol. The summed E-state index contributed by atoms with van der Waals surface area (Å²) in [5.41, 5.74) is 4.65. The predicted molar refractivity (Wildman–Crippen MR) is 94.3 cm³/mol. The first-order chi connectivity index (χ1) is 10.8. The number of aromatic nitrogens is 2. The zero-order valence-electron chi connectivity index (χ0n) is 15.0. The van der Waals surface area contributed by atoms with E-state index < -0.39 is 0 Å². The summed E-state index contributed by atoms with van der Waals surface area (Å²) in [6.07, 6.45) is 0. The molecule has 0 fully saturated rings. The molecule has 1 N–H and O–H groups in total. The highest BCUT2D eigenvalue weighted by Crippen LogP contribution is 2.26. The molecule has 4 nitrogen and oxygen atoms in total. The van der Waals surface area contributed by atoms with Crippen molar-refractivity contribution in [2.75, 3.05) is 6.54 Å². The summed E-state index contributed by atoms with van der Waals surface area (Å²) in [7, 11) is 0. The van der Waals surface area contributed by atoms with Gasteiger partial charge < -0.3 is 5.32 Å². The summed E-state index contributed by atoms with van der Waals surface area (Å²) in [5.74, 6) is 0.601. The number of rotatable bonds is 5. The van der Waals surface area contributed by atoms with Crippen molar-refractivity contribution in [1.29, 1.82) is 0 Å². The minimum Gasteiger partial charge on any atom is -0.352 e. The normalized spacial score (nSPS) is 11.3. The van der Waals surface area contributed by atoms with E-state index in [2.05, 4.69) is 57.2 Å². The van der Waals surface area contributed by atoms with E-state index in [4.69, 9.17) is 0 Å². The molecule has 0 unspecified atom stereocenters. The first-order valence-corrected chi connectivity index (χ1v) is 8.26. The van der Waals surface area contributed by atoms with Crippen molar-refractivity contribution in [3.8, 4) is 5.69 Å². The van der Waals surface area contributed by atoms with Gasteiger partial charge in [-0.2, -0.15) is 5.10 Å². The Balaban J connectivity index is 2.47.